The summed E-state index contributed by atoms with van der Waals surface area (Å²) in [6.07, 6.45) is 1.70. The van der Waals surface area contributed by atoms with E-state index in [1.165, 1.54) is 11.1 Å². The minimum absolute atomic E-state index is 0.199. The molecule has 0 saturated heterocycles. The molecule has 0 unspecified atom stereocenters. The minimum atomic E-state index is -0.199. The Kier molecular flexibility index (Phi) is 7.13. The van der Waals surface area contributed by atoms with Gasteiger partial charge in [-0.25, -0.2) is 4.68 Å². The minimum Gasteiger partial charge on any atom is -0.385 e. The molecule has 152 valence electrons. The van der Waals surface area contributed by atoms with Crippen LogP contribution in [0, 0.1) is 6.92 Å². The van der Waals surface area contributed by atoms with E-state index in [0.717, 1.165) is 50.5 Å². The quantitative estimate of drug-likeness (QED) is 0.654. The van der Waals surface area contributed by atoms with Crippen LogP contribution < -0.4 is 5.32 Å². The molecule has 2 heterocycles. The largest absolute Gasteiger partial charge is 0.385 e. The summed E-state index contributed by atoms with van der Waals surface area (Å²) in [6.45, 7) is 6.59. The van der Waals surface area contributed by atoms with Crippen LogP contribution in [0.1, 0.15) is 33.7 Å². The SMILES string of the molecule is COCCCNC(=O)c1nnn(-c2cccc3c2CCN(CCOC)C3)c1C. The van der Waals surface area contributed by atoms with E-state index >= 15 is 0 Å². The predicted molar refractivity (Wildman–Crippen MR) is 106 cm³/mol. The third-order valence-electron chi connectivity index (χ3n) is 5.08. The zero-order chi connectivity index (χ0) is 19.9. The number of amides is 1. The number of carbonyl (C=O) groups is 1. The number of nitrogens with one attached hydrogen (secondary N) is 1. The molecule has 3 rings (SSSR count). The molecule has 1 aromatic carbocycles. The Labute approximate surface area is 165 Å². The summed E-state index contributed by atoms with van der Waals surface area (Å²) >= 11 is 0. The number of hydrogen-bond donors (Lipinski definition) is 1. The smallest absolute Gasteiger partial charge is 0.273 e. The van der Waals surface area contributed by atoms with Crippen LogP contribution in [0.25, 0.3) is 5.69 Å². The summed E-state index contributed by atoms with van der Waals surface area (Å²) in [5, 5.41) is 11.3. The van der Waals surface area contributed by atoms with Crippen molar-refractivity contribution in [3.05, 3.63) is 40.7 Å². The number of benzene rings is 1. The van der Waals surface area contributed by atoms with Crippen molar-refractivity contribution in [2.24, 2.45) is 0 Å². The normalized spacial score (nSPS) is 14.1. The molecule has 1 aromatic heterocycles. The number of nitrogens with zero attached hydrogens (tertiary/aromatic N) is 4. The predicted octanol–water partition coefficient (Wildman–Crippen LogP) is 1.35. The molecule has 0 bridgehead atoms. The summed E-state index contributed by atoms with van der Waals surface area (Å²) in [5.74, 6) is -0.199. The van der Waals surface area contributed by atoms with E-state index in [-0.39, 0.29) is 5.91 Å². The summed E-state index contributed by atoms with van der Waals surface area (Å²) < 4.78 is 12.0. The van der Waals surface area contributed by atoms with Crippen LogP contribution >= 0.6 is 0 Å². The topological polar surface area (TPSA) is 81.5 Å². The van der Waals surface area contributed by atoms with E-state index < -0.39 is 0 Å². The van der Waals surface area contributed by atoms with E-state index in [1.54, 1.807) is 18.9 Å². The number of methoxy groups -OCH3 is 2. The van der Waals surface area contributed by atoms with E-state index in [2.05, 4.69) is 26.6 Å². The third kappa shape index (κ3) is 4.57. The third-order valence-corrected chi connectivity index (χ3v) is 5.08. The van der Waals surface area contributed by atoms with Gasteiger partial charge in [0.05, 0.1) is 18.0 Å². The molecule has 0 spiro atoms. The lowest BCUT2D eigenvalue weighted by atomic mass is 9.97. The van der Waals surface area contributed by atoms with Crippen LogP contribution in [0.3, 0.4) is 0 Å². The molecule has 0 fully saturated rings. The number of aromatic nitrogens is 3. The van der Waals surface area contributed by atoms with Crippen molar-refractivity contribution in [2.75, 3.05) is 47.1 Å². The molecule has 0 aliphatic carbocycles. The molecular weight excluding hydrogens is 358 g/mol. The van der Waals surface area contributed by atoms with Crippen LogP contribution in [0.2, 0.25) is 0 Å². The van der Waals surface area contributed by atoms with Gasteiger partial charge in [0.2, 0.25) is 0 Å². The van der Waals surface area contributed by atoms with E-state index in [0.29, 0.717) is 18.8 Å². The maximum absolute atomic E-state index is 12.4. The molecule has 0 radical (unpaired) electrons. The van der Waals surface area contributed by atoms with Crippen molar-refractivity contribution in [1.82, 2.24) is 25.2 Å². The van der Waals surface area contributed by atoms with Crippen LogP contribution in [-0.2, 0) is 22.4 Å². The molecule has 0 saturated carbocycles. The average molecular weight is 387 g/mol. The van der Waals surface area contributed by atoms with E-state index in [9.17, 15) is 4.79 Å². The number of fused-ring (bicyclic) bond motifs is 1. The Balaban J connectivity index is 1.76. The van der Waals surface area contributed by atoms with Gasteiger partial charge >= 0.3 is 0 Å². The Morgan fingerprint density at radius 3 is 2.86 bits per heavy atom. The first-order chi connectivity index (χ1) is 13.7. The standard InChI is InChI=1S/C20H29N5O3/c1-15-19(20(26)21-9-5-12-27-2)22-23-25(15)18-7-4-6-16-14-24(11-13-28-3)10-8-17(16)18/h4,6-7H,5,8-14H2,1-3H3,(H,21,26). The summed E-state index contributed by atoms with van der Waals surface area (Å²) in [6, 6.07) is 6.25. The lowest BCUT2D eigenvalue weighted by molar-refractivity contribution is 0.0943. The molecule has 1 amide bonds. The van der Waals surface area contributed by atoms with Gasteiger partial charge in [-0.2, -0.15) is 0 Å². The lowest BCUT2D eigenvalue weighted by Crippen LogP contribution is -2.33. The molecule has 0 atom stereocenters. The van der Waals surface area contributed by atoms with Crippen LogP contribution in [0.4, 0.5) is 0 Å². The number of ether oxygens (including phenoxy) is 2. The van der Waals surface area contributed by atoms with Gasteiger partial charge in [0.25, 0.3) is 5.91 Å². The number of carbonyl (C=O) groups excluding carboxylic acids is 1. The average Bonchev–Trinajstić information content (AvgIpc) is 3.10. The van der Waals surface area contributed by atoms with Crippen LogP contribution in [0.5, 0.6) is 0 Å². The zero-order valence-electron chi connectivity index (χ0n) is 16.9. The Bertz CT molecular complexity index is 805. The fourth-order valence-electron chi connectivity index (χ4n) is 3.53. The van der Waals surface area contributed by atoms with Crippen molar-refractivity contribution in [3.8, 4) is 5.69 Å². The van der Waals surface area contributed by atoms with Gasteiger partial charge in [-0.05, 0) is 37.0 Å². The first kappa shape index (κ1) is 20.4. The van der Waals surface area contributed by atoms with Crippen LogP contribution in [-0.4, -0.2) is 72.9 Å². The van der Waals surface area contributed by atoms with Gasteiger partial charge < -0.3 is 14.8 Å². The molecule has 8 nitrogen and oxygen atoms in total. The second-order valence-corrected chi connectivity index (χ2v) is 6.97. The fraction of sp³-hybridized carbons (Fsp3) is 0.550. The van der Waals surface area contributed by atoms with Gasteiger partial charge in [0.15, 0.2) is 5.69 Å². The van der Waals surface area contributed by atoms with Crippen molar-refractivity contribution in [3.63, 3.8) is 0 Å². The second kappa shape index (κ2) is 9.77. The zero-order valence-corrected chi connectivity index (χ0v) is 16.9. The maximum atomic E-state index is 12.4. The van der Waals surface area contributed by atoms with Crippen molar-refractivity contribution in [2.45, 2.75) is 26.3 Å². The highest BCUT2D eigenvalue weighted by molar-refractivity contribution is 5.93. The molecule has 1 aliphatic heterocycles. The number of hydrogen-bond acceptors (Lipinski definition) is 6. The molecule has 1 aliphatic rings. The van der Waals surface area contributed by atoms with Gasteiger partial charge in [0, 0.05) is 47.0 Å². The Hall–Kier alpha value is -2.29. The summed E-state index contributed by atoms with van der Waals surface area (Å²) in [5.41, 5.74) is 4.69. The van der Waals surface area contributed by atoms with Gasteiger partial charge in [-0.3, -0.25) is 9.69 Å². The molecule has 2 aromatic rings. The van der Waals surface area contributed by atoms with Crippen molar-refractivity contribution in [1.29, 1.82) is 0 Å². The highest BCUT2D eigenvalue weighted by Crippen LogP contribution is 2.26. The monoisotopic (exact) mass is 387 g/mol. The van der Waals surface area contributed by atoms with Crippen molar-refractivity contribution >= 4 is 5.91 Å². The maximum Gasteiger partial charge on any atom is 0.273 e. The Morgan fingerprint density at radius 2 is 2.07 bits per heavy atom. The lowest BCUT2D eigenvalue weighted by Gasteiger charge is -2.29. The van der Waals surface area contributed by atoms with Gasteiger partial charge in [-0.15, -0.1) is 5.10 Å². The first-order valence-corrected chi connectivity index (χ1v) is 9.67. The summed E-state index contributed by atoms with van der Waals surface area (Å²) in [4.78, 5) is 14.8. The molecule has 8 heteroatoms. The second-order valence-electron chi connectivity index (χ2n) is 6.97. The molecular formula is C20H29N5O3. The van der Waals surface area contributed by atoms with Gasteiger partial charge in [0.1, 0.15) is 0 Å². The van der Waals surface area contributed by atoms with E-state index in [4.69, 9.17) is 9.47 Å². The molecule has 1 N–H and O–H groups in total. The summed E-state index contributed by atoms with van der Waals surface area (Å²) in [7, 11) is 3.38. The first-order valence-electron chi connectivity index (χ1n) is 9.67. The number of rotatable bonds is 9. The highest BCUT2D eigenvalue weighted by Gasteiger charge is 2.22. The fourth-order valence-corrected chi connectivity index (χ4v) is 3.53. The molecule has 28 heavy (non-hydrogen) atoms. The van der Waals surface area contributed by atoms with Gasteiger partial charge in [-0.1, -0.05) is 17.3 Å². The Morgan fingerprint density at radius 1 is 1.25 bits per heavy atom. The van der Waals surface area contributed by atoms with Crippen molar-refractivity contribution < 1.29 is 14.3 Å². The highest BCUT2D eigenvalue weighted by atomic mass is 16.5. The van der Waals surface area contributed by atoms with Crippen LogP contribution in [0.15, 0.2) is 18.2 Å². The van der Waals surface area contributed by atoms with E-state index in [1.807, 2.05) is 19.1 Å².